The third-order valence-corrected chi connectivity index (χ3v) is 6.94. The number of amides is 1. The molecule has 1 aromatic heterocycles. The molecule has 1 aliphatic heterocycles. The number of rotatable bonds is 8. The van der Waals surface area contributed by atoms with Crippen molar-refractivity contribution in [2.24, 2.45) is 0 Å². The van der Waals surface area contributed by atoms with Gasteiger partial charge in [0.15, 0.2) is 0 Å². The lowest BCUT2D eigenvalue weighted by molar-refractivity contribution is -0.140. The molecule has 1 N–H and O–H groups in total. The average molecular weight is 519 g/mol. The van der Waals surface area contributed by atoms with Crippen molar-refractivity contribution in [2.45, 2.75) is 39.5 Å². The van der Waals surface area contributed by atoms with Gasteiger partial charge in [0.2, 0.25) is 0 Å². The van der Waals surface area contributed by atoms with Crippen LogP contribution in [0.25, 0.3) is 5.76 Å². The van der Waals surface area contributed by atoms with Crippen LogP contribution in [0, 0.1) is 6.92 Å². The Kier molecular flexibility index (Phi) is 7.55. The Morgan fingerprint density at radius 3 is 2.33 bits per heavy atom. The highest BCUT2D eigenvalue weighted by atomic mass is 16.5. The molecule has 6 heteroatoms. The Morgan fingerprint density at radius 2 is 1.67 bits per heavy atom. The molecule has 5 rings (SSSR count). The zero-order valence-electron chi connectivity index (χ0n) is 22.0. The second-order valence-electron chi connectivity index (χ2n) is 9.69. The summed E-state index contributed by atoms with van der Waals surface area (Å²) in [5.41, 5.74) is 5.43. The monoisotopic (exact) mass is 518 g/mol. The predicted molar refractivity (Wildman–Crippen MR) is 150 cm³/mol. The smallest absolute Gasteiger partial charge is 0.295 e. The Bertz CT molecular complexity index is 1510. The second kappa shape index (κ2) is 11.4. The first kappa shape index (κ1) is 25.9. The third-order valence-electron chi connectivity index (χ3n) is 6.94. The van der Waals surface area contributed by atoms with Crippen molar-refractivity contribution >= 4 is 17.4 Å². The lowest BCUT2D eigenvalue weighted by Crippen LogP contribution is -2.29. The zero-order valence-corrected chi connectivity index (χ0v) is 22.0. The molecule has 1 fully saturated rings. The van der Waals surface area contributed by atoms with Crippen LogP contribution in [-0.2, 0) is 29.2 Å². The number of pyridine rings is 1. The van der Waals surface area contributed by atoms with Gasteiger partial charge in [0.05, 0.1) is 11.6 Å². The molecule has 0 spiro atoms. The van der Waals surface area contributed by atoms with Crippen LogP contribution >= 0.6 is 0 Å². The fraction of sp³-hybridized carbons (Fsp3) is 0.182. The topological polar surface area (TPSA) is 79.7 Å². The Morgan fingerprint density at radius 1 is 0.923 bits per heavy atom. The quantitative estimate of drug-likeness (QED) is 0.172. The Hall–Kier alpha value is -4.71. The molecule has 0 aliphatic carbocycles. The van der Waals surface area contributed by atoms with Gasteiger partial charge in [-0.25, -0.2) is 0 Å². The number of aryl methyl sites for hydroxylation is 2. The minimum absolute atomic E-state index is 0.0709. The highest BCUT2D eigenvalue weighted by molar-refractivity contribution is 6.46. The molecule has 39 heavy (non-hydrogen) atoms. The predicted octanol–water partition coefficient (Wildman–Crippen LogP) is 6.15. The van der Waals surface area contributed by atoms with Crippen molar-refractivity contribution in [3.63, 3.8) is 0 Å². The molecule has 2 heterocycles. The van der Waals surface area contributed by atoms with Gasteiger partial charge in [-0.3, -0.25) is 14.6 Å². The molecule has 1 aliphatic rings. The van der Waals surface area contributed by atoms with Gasteiger partial charge in [-0.15, -0.1) is 0 Å². The number of carbonyl (C=O) groups excluding carboxylic acids is 2. The molecule has 0 saturated carbocycles. The number of aliphatic hydroxyl groups is 1. The summed E-state index contributed by atoms with van der Waals surface area (Å²) in [5.74, 6) is -0.933. The fourth-order valence-corrected chi connectivity index (χ4v) is 4.85. The number of Topliss-reactive ketones (excluding diaryl/α,β-unsaturated/α-hetero) is 1. The first-order valence-electron chi connectivity index (χ1n) is 13.0. The molecule has 0 bridgehead atoms. The van der Waals surface area contributed by atoms with Crippen molar-refractivity contribution in [1.29, 1.82) is 0 Å². The van der Waals surface area contributed by atoms with Crippen LogP contribution in [0.2, 0.25) is 0 Å². The van der Waals surface area contributed by atoms with Gasteiger partial charge in [0.25, 0.3) is 11.7 Å². The van der Waals surface area contributed by atoms with Crippen LogP contribution in [0.15, 0.2) is 103 Å². The van der Waals surface area contributed by atoms with Crippen LogP contribution in [0.4, 0.5) is 0 Å². The highest BCUT2D eigenvalue weighted by Gasteiger charge is 2.46. The van der Waals surface area contributed by atoms with Crippen molar-refractivity contribution in [2.75, 3.05) is 0 Å². The summed E-state index contributed by atoms with van der Waals surface area (Å²) in [6.07, 6.45) is 4.20. The van der Waals surface area contributed by atoms with Crippen LogP contribution < -0.4 is 4.74 Å². The van der Waals surface area contributed by atoms with Crippen molar-refractivity contribution in [3.05, 3.63) is 136 Å². The summed E-state index contributed by atoms with van der Waals surface area (Å²) in [7, 11) is 0. The van der Waals surface area contributed by atoms with E-state index in [1.807, 2.05) is 55.5 Å². The summed E-state index contributed by atoms with van der Waals surface area (Å²) in [4.78, 5) is 32.2. The van der Waals surface area contributed by atoms with Crippen molar-refractivity contribution < 1.29 is 19.4 Å². The van der Waals surface area contributed by atoms with E-state index in [-0.39, 0.29) is 17.9 Å². The minimum Gasteiger partial charge on any atom is -0.507 e. The fourth-order valence-electron chi connectivity index (χ4n) is 4.85. The molecule has 0 unspecified atom stereocenters. The van der Waals surface area contributed by atoms with E-state index in [1.165, 1.54) is 4.90 Å². The maximum absolute atomic E-state index is 13.3. The number of carbonyl (C=O) groups is 2. The lowest BCUT2D eigenvalue weighted by Gasteiger charge is -2.25. The number of likely N-dealkylation sites (tertiary alicyclic amines) is 1. The van der Waals surface area contributed by atoms with E-state index in [9.17, 15) is 14.7 Å². The minimum atomic E-state index is -0.728. The molecule has 6 nitrogen and oxygen atoms in total. The first-order valence-corrected chi connectivity index (χ1v) is 13.0. The molecular weight excluding hydrogens is 488 g/mol. The number of benzene rings is 3. The van der Waals surface area contributed by atoms with Gasteiger partial charge in [-0.05, 0) is 65.9 Å². The largest absolute Gasteiger partial charge is 0.507 e. The maximum atomic E-state index is 13.3. The SMILES string of the molecule is CCc1ccc([C@H]2/C(=C(\O)c3ccc(OCc4cccc(C)c4)cc3)C(=O)C(=O)N2Cc2cccnc2)cc1. The van der Waals surface area contributed by atoms with E-state index >= 15 is 0 Å². The number of ketones is 1. The second-order valence-corrected chi connectivity index (χ2v) is 9.69. The molecule has 1 amide bonds. The van der Waals surface area contributed by atoms with Crippen LogP contribution in [0.5, 0.6) is 5.75 Å². The van der Waals surface area contributed by atoms with E-state index in [4.69, 9.17) is 4.74 Å². The highest BCUT2D eigenvalue weighted by Crippen LogP contribution is 2.40. The molecule has 1 atom stereocenters. The van der Waals surface area contributed by atoms with Gasteiger partial charge in [0, 0.05) is 24.5 Å². The third kappa shape index (κ3) is 5.60. The van der Waals surface area contributed by atoms with Gasteiger partial charge < -0.3 is 14.7 Å². The summed E-state index contributed by atoms with van der Waals surface area (Å²) in [6, 6.07) is 25.7. The van der Waals surface area contributed by atoms with Crippen molar-refractivity contribution in [3.8, 4) is 5.75 Å². The normalized spacial score (nSPS) is 16.5. The number of aliphatic hydroxyl groups excluding tert-OH is 1. The van der Waals surface area contributed by atoms with Crippen LogP contribution in [0.3, 0.4) is 0 Å². The summed E-state index contributed by atoms with van der Waals surface area (Å²) >= 11 is 0. The number of hydrogen-bond donors (Lipinski definition) is 1. The van der Waals surface area contributed by atoms with E-state index in [0.717, 1.165) is 34.2 Å². The number of aromatic nitrogens is 1. The number of hydrogen-bond acceptors (Lipinski definition) is 5. The van der Waals surface area contributed by atoms with Crippen LogP contribution in [0.1, 0.15) is 46.3 Å². The molecule has 4 aromatic rings. The number of nitrogens with zero attached hydrogens (tertiary/aromatic N) is 2. The van der Waals surface area contributed by atoms with E-state index in [0.29, 0.717) is 17.9 Å². The van der Waals surface area contributed by atoms with E-state index in [1.54, 1.807) is 42.7 Å². The Balaban J connectivity index is 1.47. The average Bonchev–Trinajstić information content (AvgIpc) is 3.21. The van der Waals surface area contributed by atoms with Gasteiger partial charge in [0.1, 0.15) is 18.1 Å². The van der Waals surface area contributed by atoms with Gasteiger partial charge in [-0.2, -0.15) is 0 Å². The Labute approximate surface area is 228 Å². The molecule has 3 aromatic carbocycles. The molecule has 1 saturated heterocycles. The maximum Gasteiger partial charge on any atom is 0.295 e. The standard InChI is InChI=1S/C33H30N2O4/c1-3-23-9-11-26(12-10-23)30-29(32(37)33(38)35(30)20-25-8-5-17-34-19-25)31(36)27-13-15-28(16-14-27)39-21-24-7-4-6-22(2)18-24/h4-19,30,36H,3,20-21H2,1-2H3/b31-29+/t30-/m0/s1. The number of ether oxygens (including phenoxy) is 1. The van der Waals surface area contributed by atoms with Crippen molar-refractivity contribution in [1.82, 2.24) is 9.88 Å². The first-order chi connectivity index (χ1) is 18.9. The molecule has 196 valence electrons. The summed E-state index contributed by atoms with van der Waals surface area (Å²) < 4.78 is 5.91. The van der Waals surface area contributed by atoms with E-state index in [2.05, 4.69) is 18.0 Å². The van der Waals surface area contributed by atoms with E-state index < -0.39 is 17.7 Å². The van der Waals surface area contributed by atoms with Gasteiger partial charge >= 0.3 is 0 Å². The summed E-state index contributed by atoms with van der Waals surface area (Å²) in [5, 5.41) is 11.4. The summed E-state index contributed by atoms with van der Waals surface area (Å²) in [6.45, 7) is 4.71. The molecular formula is C33H30N2O4. The van der Waals surface area contributed by atoms with Crippen LogP contribution in [-0.4, -0.2) is 26.7 Å². The zero-order chi connectivity index (χ0) is 27.4. The van der Waals surface area contributed by atoms with Gasteiger partial charge in [-0.1, -0.05) is 67.1 Å². The molecule has 0 radical (unpaired) electrons. The lowest BCUT2D eigenvalue weighted by atomic mass is 9.94.